The van der Waals surface area contributed by atoms with E-state index in [9.17, 15) is 4.79 Å². The van der Waals surface area contributed by atoms with Crippen LogP contribution >= 0.6 is 11.6 Å². The highest BCUT2D eigenvalue weighted by Crippen LogP contribution is 2.49. The van der Waals surface area contributed by atoms with Crippen LogP contribution in [0.4, 0.5) is 10.2 Å². The maximum Gasteiger partial charge on any atom is 0.335 e. The van der Waals surface area contributed by atoms with Crippen molar-refractivity contribution in [2.45, 2.75) is 212 Å². The molecule has 4 heterocycles. The topological polar surface area (TPSA) is 96.7 Å². The minimum absolute atomic E-state index is 0.0344. The van der Waals surface area contributed by atoms with Crippen LogP contribution in [0.1, 0.15) is 171 Å². The van der Waals surface area contributed by atoms with Crippen LogP contribution in [0, 0.1) is 0 Å². The Kier molecular flexibility index (Phi) is 17.9. The number of ether oxygens (including phenoxy) is 1. The Morgan fingerprint density at radius 2 is 1.35 bits per heavy atom. The van der Waals surface area contributed by atoms with E-state index in [-0.39, 0.29) is 40.0 Å². The number of nitrogens with one attached hydrogen (secondary N) is 1. The van der Waals surface area contributed by atoms with Gasteiger partial charge in [-0.05, 0) is 46.3 Å². The molecule has 0 unspecified atom stereocenters. The lowest BCUT2D eigenvalue weighted by Crippen LogP contribution is -2.65. The van der Waals surface area contributed by atoms with E-state index in [0.29, 0.717) is 23.3 Å². The van der Waals surface area contributed by atoms with E-state index in [1.54, 1.807) is 16.8 Å². The molecule has 9 nitrogen and oxygen atoms in total. The van der Waals surface area contributed by atoms with Gasteiger partial charge in [-0.25, -0.2) is 4.39 Å². The Balaban J connectivity index is 1.34. The van der Waals surface area contributed by atoms with E-state index in [1.807, 2.05) is 0 Å². The maximum atomic E-state index is 16.8. The summed E-state index contributed by atoms with van der Waals surface area (Å²) in [6, 6.07) is 1.78. The predicted molar refractivity (Wildman–Crippen MR) is 223 cm³/mol. The fraction of sp³-hybridized carbons (Fsp3) is 0.829. The van der Waals surface area contributed by atoms with Crippen molar-refractivity contribution in [1.82, 2.24) is 14.5 Å². The van der Waals surface area contributed by atoms with E-state index < -0.39 is 41.7 Å². The number of carbonyl (C=O) groups excluding carboxylic acids is 1. The molecule has 2 saturated heterocycles. The van der Waals surface area contributed by atoms with Gasteiger partial charge in [0.05, 0.1) is 12.0 Å². The number of nitrogens with zero attached hydrogens (tertiary/aromatic N) is 3. The van der Waals surface area contributed by atoms with E-state index in [1.165, 1.54) is 77.0 Å². The fourth-order valence-corrected chi connectivity index (χ4v) is 19.9. The van der Waals surface area contributed by atoms with Crippen LogP contribution in [-0.2, 0) is 22.5 Å². The number of carbonyl (C=O) groups is 1. The maximum absolute atomic E-state index is 16.8. The highest BCUT2D eigenvalue weighted by molar-refractivity contribution is 6.84. The molecule has 2 aromatic rings. The Bertz CT molecular complexity index is 1430. The molecule has 0 aliphatic carbocycles. The molecule has 4 rings (SSSR count). The number of anilines is 1. The van der Waals surface area contributed by atoms with Crippen LogP contribution in [-0.4, -0.2) is 62.6 Å². The molecule has 1 amide bonds. The SMILES string of the molecule is CCCCCCCCCCCCCCCCCC(=O)Nc1nc(Cl)nc2c1ccn2[C@@H]1O[C@@H]2CO[Si](C(C)C)(C(C)C)O[Si](C(C)C)(C(C)C)O[C@H]2[C@@H]1F. The zero-order valence-corrected chi connectivity index (χ0v) is 37.7. The summed E-state index contributed by atoms with van der Waals surface area (Å²) in [5, 5.41) is 3.49. The summed E-state index contributed by atoms with van der Waals surface area (Å²) >= 11 is 6.42. The molecule has 0 bridgehead atoms. The monoisotopic (exact) mass is 810 g/mol. The summed E-state index contributed by atoms with van der Waals surface area (Å²) in [7, 11) is -5.84. The first-order chi connectivity index (χ1) is 25.8. The lowest BCUT2D eigenvalue weighted by molar-refractivity contribution is -0.116. The number of alkyl halides is 1. The highest BCUT2D eigenvalue weighted by Gasteiger charge is 2.62. The molecule has 2 aliphatic rings. The summed E-state index contributed by atoms with van der Waals surface area (Å²) in [6.07, 6.45) is 17.2. The van der Waals surface area contributed by atoms with E-state index in [2.05, 4.69) is 77.6 Å². The van der Waals surface area contributed by atoms with Crippen LogP contribution in [0.5, 0.6) is 0 Å². The number of rotatable bonds is 22. The minimum atomic E-state index is -3.03. The minimum Gasteiger partial charge on any atom is -0.414 e. The average molecular weight is 812 g/mol. The number of unbranched alkanes of at least 4 members (excludes halogenated alkanes) is 14. The number of amides is 1. The van der Waals surface area contributed by atoms with Crippen molar-refractivity contribution in [3.63, 3.8) is 0 Å². The van der Waals surface area contributed by atoms with Gasteiger partial charge in [0.15, 0.2) is 12.4 Å². The lowest BCUT2D eigenvalue weighted by Gasteiger charge is -2.51. The summed E-state index contributed by atoms with van der Waals surface area (Å²) in [6.45, 7) is 19.6. The van der Waals surface area contributed by atoms with Gasteiger partial charge in [-0.1, -0.05) is 152 Å². The van der Waals surface area contributed by atoms with E-state index >= 15 is 4.39 Å². The Hall–Kier alpha value is -1.42. The molecule has 0 spiro atoms. The highest BCUT2D eigenvalue weighted by atomic mass is 35.5. The zero-order valence-electron chi connectivity index (χ0n) is 34.9. The van der Waals surface area contributed by atoms with Crippen molar-refractivity contribution in [1.29, 1.82) is 0 Å². The molecular weight excluding hydrogens is 739 g/mol. The molecule has 54 heavy (non-hydrogen) atoms. The summed E-state index contributed by atoms with van der Waals surface area (Å²) in [4.78, 5) is 21.9. The number of halogens is 2. The largest absolute Gasteiger partial charge is 0.414 e. The predicted octanol–water partition coefficient (Wildman–Crippen LogP) is 12.5. The van der Waals surface area contributed by atoms with Crippen molar-refractivity contribution < 1.29 is 26.9 Å². The second-order valence-electron chi connectivity index (χ2n) is 17.1. The van der Waals surface area contributed by atoms with Crippen LogP contribution in [0.2, 0.25) is 27.4 Å². The van der Waals surface area contributed by atoms with Crippen molar-refractivity contribution >= 4 is 51.5 Å². The third kappa shape index (κ3) is 11.2. The van der Waals surface area contributed by atoms with Crippen LogP contribution in [0.25, 0.3) is 11.0 Å². The molecule has 4 atom stereocenters. The van der Waals surface area contributed by atoms with Crippen molar-refractivity contribution in [3.8, 4) is 0 Å². The Morgan fingerprint density at radius 3 is 1.87 bits per heavy atom. The quantitative estimate of drug-likeness (QED) is 0.0718. The molecule has 0 radical (unpaired) electrons. The van der Waals surface area contributed by atoms with E-state index in [4.69, 9.17) is 29.3 Å². The molecule has 2 aromatic heterocycles. The molecule has 0 saturated carbocycles. The third-order valence-corrected chi connectivity index (χ3v) is 22.1. The Labute approximate surface area is 333 Å². The van der Waals surface area contributed by atoms with E-state index in [0.717, 1.165) is 19.3 Å². The molecule has 2 aliphatic heterocycles. The number of hydrogen-bond acceptors (Lipinski definition) is 7. The van der Waals surface area contributed by atoms with Gasteiger partial charge in [0.1, 0.15) is 23.7 Å². The first-order valence-corrected chi connectivity index (χ1v) is 25.7. The molecule has 308 valence electrons. The fourth-order valence-electron chi connectivity index (χ4n) is 8.49. The number of hydrogen-bond donors (Lipinski definition) is 1. The molecule has 2 fully saturated rings. The Morgan fingerprint density at radius 1 is 0.833 bits per heavy atom. The molecule has 13 heteroatoms. The van der Waals surface area contributed by atoms with Crippen LogP contribution in [0.3, 0.4) is 0 Å². The van der Waals surface area contributed by atoms with Crippen molar-refractivity contribution in [2.24, 2.45) is 0 Å². The second-order valence-corrected chi connectivity index (χ2v) is 26.3. The smallest absolute Gasteiger partial charge is 0.335 e. The summed E-state index contributed by atoms with van der Waals surface area (Å²) in [5.41, 5.74) is 0.853. The normalized spacial score (nSPS) is 22.7. The van der Waals surface area contributed by atoms with Gasteiger partial charge < -0.3 is 27.6 Å². The lowest BCUT2D eigenvalue weighted by atomic mass is 10.0. The van der Waals surface area contributed by atoms with Gasteiger partial charge in [0.25, 0.3) is 0 Å². The first kappa shape index (κ1) is 45.3. The van der Waals surface area contributed by atoms with Crippen LogP contribution < -0.4 is 5.32 Å². The third-order valence-electron chi connectivity index (χ3n) is 11.7. The van der Waals surface area contributed by atoms with Gasteiger partial charge >= 0.3 is 17.1 Å². The molecular formula is C41H72ClFN4O5Si2. The van der Waals surface area contributed by atoms with Crippen LogP contribution in [0.15, 0.2) is 12.3 Å². The first-order valence-electron chi connectivity index (χ1n) is 21.4. The zero-order chi connectivity index (χ0) is 39.5. The van der Waals surface area contributed by atoms with Crippen molar-refractivity contribution in [3.05, 3.63) is 17.5 Å². The van der Waals surface area contributed by atoms with Gasteiger partial charge in [-0.2, -0.15) is 9.97 Å². The molecule has 1 N–H and O–H groups in total. The van der Waals surface area contributed by atoms with Gasteiger partial charge in [-0.15, -0.1) is 0 Å². The average Bonchev–Trinajstić information content (AvgIpc) is 3.65. The summed E-state index contributed by atoms with van der Waals surface area (Å²) < 4.78 is 46.0. The van der Waals surface area contributed by atoms with Gasteiger partial charge in [-0.3, -0.25) is 4.79 Å². The number of aromatic nitrogens is 3. The summed E-state index contributed by atoms with van der Waals surface area (Å²) in [5.74, 6) is 0.197. The van der Waals surface area contributed by atoms with Gasteiger partial charge in [0, 0.05) is 12.6 Å². The second kappa shape index (κ2) is 21.4. The van der Waals surface area contributed by atoms with Crippen molar-refractivity contribution in [2.75, 3.05) is 11.9 Å². The van der Waals surface area contributed by atoms with Gasteiger partial charge in [0.2, 0.25) is 11.2 Å². The number of fused-ring (bicyclic) bond motifs is 2. The standard InChI is InChI=1S/C41H72ClFN4O5Si2/c1-10-11-12-13-14-15-16-17-18-19-20-21-22-23-24-25-35(48)44-38-33-26-27-47(39(33)46-41(42)45-38)40-36(43)37-34(50-40)28-49-53(29(2)3,30(4)5)52-54(51-37,31(6)7)32(8)9/h26-27,29-32,34,36-37,40H,10-25,28H2,1-9H3,(H,44,45,46,48)/t34-,36+,37-,40-/m1/s1. The molecule has 0 aromatic carbocycles.